The van der Waals surface area contributed by atoms with E-state index in [1.807, 2.05) is 74.5 Å². The Morgan fingerprint density at radius 1 is 0.776 bits per heavy atom. The Bertz CT molecular complexity index is 1520. The van der Waals surface area contributed by atoms with E-state index < -0.39 is 12.1 Å². The predicted molar refractivity (Wildman–Crippen MR) is 192 cm³/mol. The molecule has 49 heavy (non-hydrogen) atoms. The van der Waals surface area contributed by atoms with Gasteiger partial charge in [0.2, 0.25) is 5.91 Å². The summed E-state index contributed by atoms with van der Waals surface area (Å²) in [6.45, 7) is 5.06. The van der Waals surface area contributed by atoms with Crippen LogP contribution in [0.1, 0.15) is 47.6 Å². The van der Waals surface area contributed by atoms with Gasteiger partial charge in [-0.25, -0.2) is 9.59 Å². The van der Waals surface area contributed by atoms with E-state index in [1.54, 1.807) is 30.5 Å². The van der Waals surface area contributed by atoms with E-state index in [0.29, 0.717) is 38.8 Å². The average Bonchev–Trinajstić information content (AvgIpc) is 3.81. The molecule has 0 aliphatic heterocycles. The zero-order valence-electron chi connectivity index (χ0n) is 28.2. The van der Waals surface area contributed by atoms with E-state index in [2.05, 4.69) is 25.9 Å². The molecule has 0 aliphatic carbocycles. The maximum Gasteiger partial charge on any atom is 0.407 e. The molecule has 2 aromatic carbocycles. The number of hydrogen-bond donors (Lipinski definition) is 3. The van der Waals surface area contributed by atoms with Crippen molar-refractivity contribution in [3.8, 4) is 0 Å². The van der Waals surface area contributed by atoms with Gasteiger partial charge in [0, 0.05) is 43.0 Å². The summed E-state index contributed by atoms with van der Waals surface area (Å²) in [7, 11) is 1.68. The molecule has 262 valence electrons. The molecule has 0 bridgehead atoms. The van der Waals surface area contributed by atoms with Gasteiger partial charge in [0.05, 0.1) is 29.0 Å². The quantitative estimate of drug-likeness (QED) is 0.112. The number of amides is 4. The first-order chi connectivity index (χ1) is 23.7. The Kier molecular flexibility index (Phi) is 15.5. The summed E-state index contributed by atoms with van der Waals surface area (Å²) in [5, 5.41) is 9.12. The summed E-state index contributed by atoms with van der Waals surface area (Å²) in [4.78, 5) is 51.4. The third-order valence-corrected chi connectivity index (χ3v) is 9.10. The van der Waals surface area contributed by atoms with Crippen LogP contribution in [0, 0.1) is 5.92 Å². The van der Waals surface area contributed by atoms with Gasteiger partial charge in [-0.05, 0) is 42.7 Å². The molecule has 4 rings (SSSR count). The van der Waals surface area contributed by atoms with Crippen molar-refractivity contribution in [3.63, 3.8) is 0 Å². The maximum atomic E-state index is 13.9. The van der Waals surface area contributed by atoms with Crippen LogP contribution in [-0.4, -0.2) is 71.3 Å². The van der Waals surface area contributed by atoms with Crippen LogP contribution in [-0.2, 0) is 40.3 Å². The molecule has 2 heterocycles. The molecule has 3 atom stereocenters. The Balaban J connectivity index is 1.45. The van der Waals surface area contributed by atoms with Crippen molar-refractivity contribution in [3.05, 3.63) is 105 Å². The number of rotatable bonds is 19. The van der Waals surface area contributed by atoms with Gasteiger partial charge in [0.25, 0.3) is 0 Å². The van der Waals surface area contributed by atoms with Gasteiger partial charge in [0.15, 0.2) is 0 Å². The van der Waals surface area contributed by atoms with Crippen LogP contribution in [0.4, 0.5) is 9.59 Å². The molecule has 4 aromatic rings. The second-order valence-electron chi connectivity index (χ2n) is 12.3. The van der Waals surface area contributed by atoms with E-state index in [0.717, 1.165) is 20.9 Å². The molecule has 3 N–H and O–H groups in total. The van der Waals surface area contributed by atoms with E-state index in [-0.39, 0.29) is 43.2 Å². The zero-order chi connectivity index (χ0) is 34.8. The topological polar surface area (TPSA) is 135 Å². The molecular weight excluding hydrogens is 661 g/mol. The molecule has 13 heteroatoms. The summed E-state index contributed by atoms with van der Waals surface area (Å²) < 4.78 is 11.3. The SMILES string of the molecule is CC(C)COCC(NC(=O)N(C)Cc1cncs1)C(=O)NC(CCC(Cc1ccccc1)NC(=O)OCc1cncs1)Cc1ccccc1. The summed E-state index contributed by atoms with van der Waals surface area (Å²) in [5.41, 5.74) is 5.55. The lowest BCUT2D eigenvalue weighted by molar-refractivity contribution is -0.125. The molecule has 4 amide bonds. The molecular formula is C36H46N6O5S2. The summed E-state index contributed by atoms with van der Waals surface area (Å²) in [6, 6.07) is 18.0. The first-order valence-electron chi connectivity index (χ1n) is 16.4. The number of carbonyl (C=O) groups is 3. The van der Waals surface area contributed by atoms with Crippen LogP contribution in [0.25, 0.3) is 0 Å². The first-order valence-corrected chi connectivity index (χ1v) is 18.2. The third kappa shape index (κ3) is 14.0. The van der Waals surface area contributed by atoms with Gasteiger partial charge in [-0.2, -0.15) is 0 Å². The van der Waals surface area contributed by atoms with Gasteiger partial charge in [-0.1, -0.05) is 74.5 Å². The standard InChI is InChI=1S/C36H46N6O5S2/c1-26(2)21-46-23-33(41-35(44)42(3)20-31-18-37-24-48-31)34(43)39-29(16-27-10-6-4-7-11-27)14-15-30(17-28-12-8-5-9-13-28)40-36(45)47-22-32-19-38-25-49-32/h4-13,18-19,24-26,29-30,33H,14-17,20-23H2,1-3H3,(H,39,43)(H,40,45)(H,41,44). The molecule has 2 aromatic heterocycles. The fraction of sp³-hybridized carbons (Fsp3) is 0.417. The van der Waals surface area contributed by atoms with Crippen LogP contribution < -0.4 is 16.0 Å². The minimum absolute atomic E-state index is 0.0337. The number of aromatic nitrogens is 2. The van der Waals surface area contributed by atoms with Gasteiger partial charge < -0.3 is 30.3 Å². The highest BCUT2D eigenvalue weighted by molar-refractivity contribution is 7.09. The fourth-order valence-corrected chi connectivity index (χ4v) is 6.25. The summed E-state index contributed by atoms with van der Waals surface area (Å²) in [5.74, 6) is -0.0669. The largest absolute Gasteiger partial charge is 0.444 e. The Labute approximate surface area is 296 Å². The van der Waals surface area contributed by atoms with Crippen molar-refractivity contribution in [2.24, 2.45) is 5.92 Å². The highest BCUT2D eigenvalue weighted by Gasteiger charge is 2.26. The fourth-order valence-electron chi connectivity index (χ4n) is 5.10. The molecule has 0 fully saturated rings. The number of urea groups is 1. The molecule has 11 nitrogen and oxygen atoms in total. The Morgan fingerprint density at radius 3 is 1.90 bits per heavy atom. The van der Waals surface area contributed by atoms with Crippen molar-refractivity contribution in [1.29, 1.82) is 0 Å². The highest BCUT2D eigenvalue weighted by Crippen LogP contribution is 2.15. The van der Waals surface area contributed by atoms with Gasteiger partial charge in [-0.3, -0.25) is 14.8 Å². The second-order valence-corrected chi connectivity index (χ2v) is 14.2. The number of nitrogens with zero attached hydrogens (tertiary/aromatic N) is 3. The molecule has 0 spiro atoms. The van der Waals surface area contributed by atoms with E-state index in [9.17, 15) is 14.4 Å². The van der Waals surface area contributed by atoms with E-state index >= 15 is 0 Å². The monoisotopic (exact) mass is 706 g/mol. The number of ether oxygens (including phenoxy) is 2. The van der Waals surface area contributed by atoms with Crippen LogP contribution in [0.15, 0.2) is 84.1 Å². The third-order valence-electron chi connectivity index (χ3n) is 7.58. The molecule has 0 radical (unpaired) electrons. The smallest absolute Gasteiger partial charge is 0.407 e. The molecule has 0 aliphatic rings. The van der Waals surface area contributed by atoms with Crippen molar-refractivity contribution in [2.45, 2.75) is 70.8 Å². The van der Waals surface area contributed by atoms with Crippen LogP contribution in [0.3, 0.4) is 0 Å². The Hall–Kier alpha value is -4.33. The second kappa shape index (κ2) is 20.2. The van der Waals surface area contributed by atoms with Gasteiger partial charge in [0.1, 0.15) is 12.6 Å². The number of hydrogen-bond acceptors (Lipinski definition) is 9. The van der Waals surface area contributed by atoms with Crippen molar-refractivity contribution >= 4 is 40.7 Å². The average molecular weight is 707 g/mol. The van der Waals surface area contributed by atoms with Crippen molar-refractivity contribution in [2.75, 3.05) is 20.3 Å². The predicted octanol–water partition coefficient (Wildman–Crippen LogP) is 5.83. The molecule has 3 unspecified atom stereocenters. The lowest BCUT2D eigenvalue weighted by Gasteiger charge is -2.27. The van der Waals surface area contributed by atoms with Crippen LogP contribution in [0.5, 0.6) is 0 Å². The van der Waals surface area contributed by atoms with E-state index in [4.69, 9.17) is 9.47 Å². The van der Waals surface area contributed by atoms with Crippen LogP contribution in [0.2, 0.25) is 0 Å². The molecule has 0 saturated carbocycles. The van der Waals surface area contributed by atoms with Gasteiger partial charge in [-0.15, -0.1) is 22.7 Å². The first kappa shape index (κ1) is 37.5. The van der Waals surface area contributed by atoms with Crippen molar-refractivity contribution in [1.82, 2.24) is 30.8 Å². The normalized spacial score (nSPS) is 12.9. The maximum absolute atomic E-state index is 13.9. The summed E-state index contributed by atoms with van der Waals surface area (Å²) in [6.07, 6.45) is 5.19. The van der Waals surface area contributed by atoms with Gasteiger partial charge >= 0.3 is 12.1 Å². The Morgan fingerprint density at radius 2 is 1.35 bits per heavy atom. The number of benzene rings is 2. The number of nitrogens with one attached hydrogen (secondary N) is 3. The number of alkyl carbamates (subject to hydrolysis) is 1. The minimum Gasteiger partial charge on any atom is -0.444 e. The number of carbonyl (C=O) groups excluding carboxylic acids is 3. The lowest BCUT2D eigenvalue weighted by Crippen LogP contribution is -2.54. The zero-order valence-corrected chi connectivity index (χ0v) is 29.9. The van der Waals surface area contributed by atoms with Crippen molar-refractivity contribution < 1.29 is 23.9 Å². The summed E-state index contributed by atoms with van der Waals surface area (Å²) >= 11 is 2.89. The minimum atomic E-state index is -0.909. The van der Waals surface area contributed by atoms with Crippen LogP contribution >= 0.6 is 22.7 Å². The molecule has 0 saturated heterocycles. The highest BCUT2D eigenvalue weighted by atomic mass is 32.1. The number of thiazole rings is 2. The van der Waals surface area contributed by atoms with E-state index in [1.165, 1.54) is 27.6 Å². The lowest BCUT2D eigenvalue weighted by atomic mass is 9.96.